The van der Waals surface area contributed by atoms with Crippen molar-refractivity contribution < 1.29 is 35.9 Å². The summed E-state index contributed by atoms with van der Waals surface area (Å²) in [5.41, 5.74) is 2.69. The molecule has 4 heterocycles. The Kier molecular flexibility index (Phi) is 7.85. The molecule has 50 heavy (non-hydrogen) atoms. The number of carbonyl (C=O) groups is 2. The maximum Gasteiger partial charge on any atom is 0.283 e. The lowest BCUT2D eigenvalue weighted by atomic mass is 10.0. The van der Waals surface area contributed by atoms with Gasteiger partial charge in [0.05, 0.1) is 34.4 Å². The number of anilines is 1. The van der Waals surface area contributed by atoms with Crippen molar-refractivity contribution in [1.29, 1.82) is 0 Å². The number of fused-ring (bicyclic) bond motifs is 6. The zero-order valence-electron chi connectivity index (χ0n) is 27.5. The Morgan fingerprint density at radius 1 is 1.00 bits per heavy atom. The number of amides is 2. The molecule has 6 aromatic rings. The fraction of sp³-hybridized carbons (Fsp3) is 0.194. The summed E-state index contributed by atoms with van der Waals surface area (Å²) in [5, 5.41) is 6.08. The van der Waals surface area contributed by atoms with Crippen molar-refractivity contribution >= 4 is 49.4 Å². The minimum atomic E-state index is -3.82. The number of rotatable bonds is 7. The van der Waals surface area contributed by atoms with E-state index in [4.69, 9.17) is 14.1 Å². The summed E-state index contributed by atoms with van der Waals surface area (Å²) in [7, 11) is -0.982. The first-order valence-electron chi connectivity index (χ1n) is 15.6. The molecule has 3 aromatic carbocycles. The second-order valence-corrected chi connectivity index (χ2v) is 14.3. The van der Waals surface area contributed by atoms with Crippen molar-refractivity contribution in [2.45, 2.75) is 26.1 Å². The number of hydrogen-bond donors (Lipinski definition) is 2. The predicted octanol–water partition coefficient (Wildman–Crippen LogP) is 6.23. The van der Waals surface area contributed by atoms with Crippen LogP contribution in [0.5, 0.6) is 5.75 Å². The molecule has 11 nitrogen and oxygen atoms in total. The second kappa shape index (κ2) is 12.0. The van der Waals surface area contributed by atoms with E-state index >= 15 is 4.39 Å². The molecule has 3 aromatic heterocycles. The lowest BCUT2D eigenvalue weighted by Gasteiger charge is -2.29. The van der Waals surface area contributed by atoms with E-state index in [1.165, 1.54) is 50.5 Å². The molecule has 2 N–H and O–H groups in total. The molecule has 1 aliphatic rings. The number of hydrogen-bond acceptors (Lipinski definition) is 7. The number of furan rings is 1. The lowest BCUT2D eigenvalue weighted by Crippen LogP contribution is -2.40. The monoisotopic (exact) mass is 699 g/mol. The second-order valence-electron chi connectivity index (χ2n) is 12.2. The van der Waals surface area contributed by atoms with Crippen LogP contribution in [0.25, 0.3) is 55.8 Å². The van der Waals surface area contributed by atoms with E-state index in [1.807, 2.05) is 13.8 Å². The minimum absolute atomic E-state index is 0.153. The molecular weight excluding hydrogens is 668 g/mol. The van der Waals surface area contributed by atoms with Crippen LogP contribution in [-0.2, 0) is 14.8 Å². The Hall–Kier alpha value is -5.76. The van der Waals surface area contributed by atoms with Crippen molar-refractivity contribution in [3.8, 4) is 39.7 Å². The van der Waals surface area contributed by atoms with Gasteiger partial charge in [-0.1, -0.05) is 6.07 Å². The third-order valence-electron chi connectivity index (χ3n) is 8.54. The van der Waals surface area contributed by atoms with Crippen molar-refractivity contribution in [2.24, 2.45) is 0 Å². The largest absolute Gasteiger partial charge is 0.458 e. The molecule has 0 radical (unpaired) electrons. The Labute approximate surface area is 285 Å². The van der Waals surface area contributed by atoms with Gasteiger partial charge in [0, 0.05) is 48.1 Å². The highest BCUT2D eigenvalue weighted by Crippen LogP contribution is 2.45. The molecule has 1 unspecified atom stereocenters. The molecule has 0 saturated heterocycles. The maximum absolute atomic E-state index is 15.1. The lowest BCUT2D eigenvalue weighted by molar-refractivity contribution is -0.132. The van der Waals surface area contributed by atoms with Crippen molar-refractivity contribution in [3.63, 3.8) is 0 Å². The number of nitrogens with zero attached hydrogens (tertiary/aromatic N) is 3. The molecule has 0 saturated carbocycles. The van der Waals surface area contributed by atoms with Crippen LogP contribution >= 0.6 is 0 Å². The van der Waals surface area contributed by atoms with Crippen LogP contribution in [-0.4, -0.2) is 56.2 Å². The van der Waals surface area contributed by atoms with E-state index < -0.39 is 39.7 Å². The van der Waals surface area contributed by atoms with Gasteiger partial charge >= 0.3 is 0 Å². The summed E-state index contributed by atoms with van der Waals surface area (Å²) in [6.07, 6.45) is -0.118. The topological polar surface area (TPSA) is 136 Å². The van der Waals surface area contributed by atoms with Crippen molar-refractivity contribution in [3.05, 3.63) is 90.0 Å². The number of halogens is 2. The highest BCUT2D eigenvalue weighted by Gasteiger charge is 2.35. The average molecular weight is 700 g/mol. The van der Waals surface area contributed by atoms with E-state index in [9.17, 15) is 22.4 Å². The summed E-state index contributed by atoms with van der Waals surface area (Å²) >= 11 is 0. The van der Waals surface area contributed by atoms with Crippen molar-refractivity contribution in [2.75, 3.05) is 24.7 Å². The number of pyridine rings is 1. The smallest absolute Gasteiger partial charge is 0.283 e. The third-order valence-corrected chi connectivity index (χ3v) is 9.73. The van der Waals surface area contributed by atoms with Gasteiger partial charge in [0.15, 0.2) is 5.75 Å². The van der Waals surface area contributed by atoms with Crippen LogP contribution in [0.15, 0.2) is 77.2 Å². The van der Waals surface area contributed by atoms with Gasteiger partial charge in [-0.25, -0.2) is 22.2 Å². The quantitative estimate of drug-likeness (QED) is 0.202. The van der Waals surface area contributed by atoms with Crippen LogP contribution in [0.4, 0.5) is 14.5 Å². The molecular formula is C36H31F2N5O6S. The fourth-order valence-electron chi connectivity index (χ4n) is 6.16. The highest BCUT2D eigenvalue weighted by atomic mass is 32.2. The first-order chi connectivity index (χ1) is 23.8. The number of benzene rings is 3. The first-order valence-corrected chi connectivity index (χ1v) is 17.4. The van der Waals surface area contributed by atoms with Crippen LogP contribution in [0.3, 0.4) is 0 Å². The van der Waals surface area contributed by atoms with E-state index in [1.54, 1.807) is 41.0 Å². The molecule has 0 bridgehead atoms. The molecule has 0 spiro atoms. The zero-order chi connectivity index (χ0) is 35.6. The number of ether oxygens (including phenoxy) is 1. The van der Waals surface area contributed by atoms with Crippen molar-refractivity contribution in [1.82, 2.24) is 20.2 Å². The van der Waals surface area contributed by atoms with Gasteiger partial charge in [-0.05, 0) is 74.5 Å². The minimum Gasteiger partial charge on any atom is -0.458 e. The van der Waals surface area contributed by atoms with Gasteiger partial charge in [0.25, 0.3) is 18.0 Å². The van der Waals surface area contributed by atoms with Gasteiger partial charge in [0.2, 0.25) is 10.0 Å². The van der Waals surface area contributed by atoms with E-state index in [0.717, 1.165) is 10.6 Å². The van der Waals surface area contributed by atoms with E-state index in [2.05, 4.69) is 10.6 Å². The standard InChI is InChI=1S/C36H31F2N5O6S/c1-18(2)40-35(45)36-43-26-8-6-7-24(38)21(26)16-28(43)32-29(49-36)14-13-25(41-32)22-15-23-30(17-27(22)42(4)50(5,46)47)48-33(31(23)34(44)39-3)19-9-11-20(37)12-10-19/h6-18,36H,1-5H3,(H,39,44)(H,40,45). The molecule has 0 aliphatic carbocycles. The van der Waals surface area contributed by atoms with Gasteiger partial charge in [0.1, 0.15) is 28.7 Å². The summed E-state index contributed by atoms with van der Waals surface area (Å²) in [6.45, 7) is 3.63. The fourth-order valence-corrected chi connectivity index (χ4v) is 6.66. The zero-order valence-corrected chi connectivity index (χ0v) is 28.4. The number of sulfonamides is 1. The molecule has 14 heteroatoms. The Morgan fingerprint density at radius 3 is 2.42 bits per heavy atom. The molecule has 1 atom stereocenters. The third kappa shape index (κ3) is 5.41. The summed E-state index contributed by atoms with van der Waals surface area (Å²) in [4.78, 5) is 31.6. The highest BCUT2D eigenvalue weighted by molar-refractivity contribution is 7.92. The molecule has 0 fully saturated rings. The number of nitrogens with one attached hydrogen (secondary N) is 2. The normalized spacial score (nSPS) is 14.0. The van der Waals surface area contributed by atoms with Gasteiger partial charge in [-0.3, -0.25) is 18.5 Å². The Balaban J connectivity index is 1.48. The summed E-state index contributed by atoms with van der Waals surface area (Å²) in [5.74, 6) is -1.47. The van der Waals surface area contributed by atoms with E-state index in [0.29, 0.717) is 27.7 Å². The molecule has 1 aliphatic heterocycles. The number of aromatic nitrogens is 2. The SMILES string of the molecule is CNC(=O)c1c(-c2ccc(F)cc2)oc2cc(N(C)S(C)(=O)=O)c(-c3ccc4c(n3)-c3cc5c(F)cccc5n3C(C(=O)NC(C)C)O4)cc12. The molecule has 256 valence electrons. The van der Waals surface area contributed by atoms with Gasteiger partial charge in [-0.2, -0.15) is 0 Å². The molecule has 2 amide bonds. The van der Waals surface area contributed by atoms with Crippen LogP contribution in [0, 0.1) is 11.6 Å². The number of carbonyl (C=O) groups excluding carboxylic acids is 2. The maximum atomic E-state index is 15.1. The van der Waals surface area contributed by atoms with Gasteiger partial charge < -0.3 is 19.8 Å². The van der Waals surface area contributed by atoms with Crippen LogP contribution < -0.4 is 19.7 Å². The van der Waals surface area contributed by atoms with Gasteiger partial charge in [-0.15, -0.1) is 0 Å². The Bertz CT molecular complexity index is 2470. The first kappa shape index (κ1) is 32.8. The van der Waals surface area contributed by atoms with Crippen LogP contribution in [0.2, 0.25) is 0 Å². The van der Waals surface area contributed by atoms with E-state index in [-0.39, 0.29) is 51.2 Å². The average Bonchev–Trinajstić information content (AvgIpc) is 3.66. The summed E-state index contributed by atoms with van der Waals surface area (Å²) < 4.78 is 69.8. The molecule has 7 rings (SSSR count). The summed E-state index contributed by atoms with van der Waals surface area (Å²) in [6, 6.07) is 17.7. The Morgan fingerprint density at radius 2 is 1.74 bits per heavy atom. The predicted molar refractivity (Wildman–Crippen MR) is 185 cm³/mol. The van der Waals surface area contributed by atoms with Crippen LogP contribution in [0.1, 0.15) is 30.4 Å².